The topological polar surface area (TPSA) is 9.72 Å². The lowest BCUT2D eigenvalue weighted by Gasteiger charge is -2.55. The van der Waals surface area contributed by atoms with Gasteiger partial charge in [-0.2, -0.15) is 0 Å². The van der Waals surface area contributed by atoms with Crippen LogP contribution < -0.4 is 14.7 Å². The molecule has 9 aromatic carbocycles. The summed E-state index contributed by atoms with van der Waals surface area (Å²) < 4.78 is 0. The van der Waals surface area contributed by atoms with Crippen LogP contribution in [0.2, 0.25) is 0 Å². The standard InChI is InChI=1S/C65H57N3/c1-42-22-30-50(31-23-42)66(48-16-11-9-12-17-48)52-34-26-44(27-35-52)46-38-56-61-58(40-46)65(7,8)59-41-47(39-57-62(59)68(61)60-54(63(56,3)4)20-15-21-55(60)64(57,5)6)45-28-36-53(37-29-45)67(49-18-13-10-14-19-49)51-32-24-43(2)25-33-51/h9-41H,1-8H3. The molecule has 0 fully saturated rings. The van der Waals surface area contributed by atoms with Gasteiger partial charge in [0.25, 0.3) is 0 Å². The lowest BCUT2D eigenvalue weighted by molar-refractivity contribution is 0.567. The minimum absolute atomic E-state index is 0.230. The molecule has 0 saturated heterocycles. The molecule has 0 N–H and O–H groups in total. The number of nitrogens with zero attached hydrogens (tertiary/aromatic N) is 3. The molecule has 0 aromatic heterocycles. The predicted octanol–water partition coefficient (Wildman–Crippen LogP) is 18.0. The molecule has 3 nitrogen and oxygen atoms in total. The fraction of sp³-hybridized carbons (Fsp3) is 0.169. The van der Waals surface area contributed by atoms with Crippen molar-refractivity contribution in [2.45, 2.75) is 71.6 Å². The van der Waals surface area contributed by atoms with Crippen LogP contribution in [0.25, 0.3) is 22.3 Å². The highest BCUT2D eigenvalue weighted by atomic mass is 15.2. The molecule has 332 valence electrons. The SMILES string of the molecule is Cc1ccc(N(c2ccccc2)c2ccc(-c3cc4c5c(c3)C(C)(C)c3cc(-c6ccc(N(c7ccccc7)c7ccc(C)cc7)cc6)cc6c3N5c3c(cccc3C6(C)C)C4(C)C)cc2)cc1. The number of rotatable bonds is 8. The smallest absolute Gasteiger partial charge is 0.0544 e. The van der Waals surface area contributed by atoms with E-state index in [4.69, 9.17) is 0 Å². The van der Waals surface area contributed by atoms with Crippen LogP contribution in [0, 0.1) is 13.8 Å². The second kappa shape index (κ2) is 15.2. The van der Waals surface area contributed by atoms with E-state index in [1.54, 1.807) is 0 Å². The van der Waals surface area contributed by atoms with E-state index in [1.165, 1.54) is 83.8 Å². The van der Waals surface area contributed by atoms with Crippen molar-refractivity contribution in [2.24, 2.45) is 0 Å². The molecule has 3 aliphatic rings. The first-order valence-corrected chi connectivity index (χ1v) is 24.2. The Bertz CT molecular complexity index is 3180. The van der Waals surface area contributed by atoms with Crippen LogP contribution in [0.15, 0.2) is 200 Å². The molecule has 12 rings (SSSR count). The predicted molar refractivity (Wildman–Crippen MR) is 287 cm³/mol. The average Bonchev–Trinajstić information content (AvgIpc) is 3.35. The van der Waals surface area contributed by atoms with E-state index in [0.29, 0.717) is 0 Å². The zero-order valence-electron chi connectivity index (χ0n) is 40.4. The van der Waals surface area contributed by atoms with Gasteiger partial charge in [-0.15, -0.1) is 0 Å². The van der Waals surface area contributed by atoms with Gasteiger partial charge >= 0.3 is 0 Å². The average molecular weight is 880 g/mol. The van der Waals surface area contributed by atoms with Gasteiger partial charge in [-0.1, -0.05) is 156 Å². The Morgan fingerprint density at radius 2 is 0.559 bits per heavy atom. The van der Waals surface area contributed by atoms with Gasteiger partial charge < -0.3 is 14.7 Å². The molecule has 0 saturated carbocycles. The molecule has 0 aliphatic carbocycles. The van der Waals surface area contributed by atoms with E-state index in [0.717, 1.165) is 34.1 Å². The first kappa shape index (κ1) is 41.8. The number of para-hydroxylation sites is 3. The number of anilines is 9. The van der Waals surface area contributed by atoms with Crippen molar-refractivity contribution in [3.8, 4) is 22.3 Å². The second-order valence-electron chi connectivity index (χ2n) is 20.9. The highest BCUT2D eigenvalue weighted by Crippen LogP contribution is 2.67. The van der Waals surface area contributed by atoms with Gasteiger partial charge in [-0.3, -0.25) is 0 Å². The van der Waals surface area contributed by atoms with Gasteiger partial charge in [0.15, 0.2) is 0 Å². The van der Waals surface area contributed by atoms with E-state index in [9.17, 15) is 0 Å². The highest BCUT2D eigenvalue weighted by Gasteiger charge is 2.52. The van der Waals surface area contributed by atoms with Crippen molar-refractivity contribution >= 4 is 51.2 Å². The van der Waals surface area contributed by atoms with E-state index in [1.807, 2.05) is 0 Å². The maximum absolute atomic E-state index is 2.68. The minimum atomic E-state index is -0.308. The Balaban J connectivity index is 1.00. The number of hydrogen-bond donors (Lipinski definition) is 0. The van der Waals surface area contributed by atoms with Crippen LogP contribution in [-0.2, 0) is 16.2 Å². The van der Waals surface area contributed by atoms with E-state index < -0.39 is 0 Å². The minimum Gasteiger partial charge on any atom is -0.311 e. The third-order valence-electron chi connectivity index (χ3n) is 15.5. The summed E-state index contributed by atoms with van der Waals surface area (Å²) in [7, 11) is 0. The van der Waals surface area contributed by atoms with Crippen molar-refractivity contribution in [1.29, 1.82) is 0 Å². The van der Waals surface area contributed by atoms with Crippen LogP contribution in [-0.4, -0.2) is 0 Å². The lowest BCUT2D eigenvalue weighted by Crippen LogP contribution is -2.43. The van der Waals surface area contributed by atoms with Crippen molar-refractivity contribution < 1.29 is 0 Å². The molecular weight excluding hydrogens is 823 g/mol. The van der Waals surface area contributed by atoms with Crippen molar-refractivity contribution in [1.82, 2.24) is 0 Å². The molecule has 9 aromatic rings. The first-order valence-electron chi connectivity index (χ1n) is 24.2. The molecule has 0 radical (unpaired) electrons. The Labute approximate surface area is 402 Å². The largest absolute Gasteiger partial charge is 0.311 e. The van der Waals surface area contributed by atoms with Crippen molar-refractivity contribution in [3.05, 3.63) is 245 Å². The molecule has 0 atom stereocenters. The third kappa shape index (κ3) is 6.32. The van der Waals surface area contributed by atoms with Crippen molar-refractivity contribution in [2.75, 3.05) is 14.7 Å². The molecule has 3 aliphatic heterocycles. The molecular formula is C65H57N3. The van der Waals surface area contributed by atoms with Crippen molar-refractivity contribution in [3.63, 3.8) is 0 Å². The Kier molecular flexibility index (Phi) is 9.34. The molecule has 0 spiro atoms. The molecule has 3 heterocycles. The zero-order valence-corrected chi connectivity index (χ0v) is 40.4. The lowest BCUT2D eigenvalue weighted by atomic mass is 9.60. The van der Waals surface area contributed by atoms with E-state index >= 15 is 0 Å². The fourth-order valence-electron chi connectivity index (χ4n) is 11.6. The zero-order chi connectivity index (χ0) is 46.7. The quantitative estimate of drug-likeness (QED) is 0.151. The fourth-order valence-corrected chi connectivity index (χ4v) is 11.6. The van der Waals surface area contributed by atoms with Gasteiger partial charge in [-0.25, -0.2) is 0 Å². The normalized spacial score (nSPS) is 15.1. The van der Waals surface area contributed by atoms with Crippen LogP contribution in [0.3, 0.4) is 0 Å². The first-order chi connectivity index (χ1) is 32.8. The summed E-state index contributed by atoms with van der Waals surface area (Å²) in [6.45, 7) is 19.0. The Morgan fingerprint density at radius 3 is 0.897 bits per heavy atom. The van der Waals surface area contributed by atoms with E-state index in [2.05, 4.69) is 270 Å². The Hall–Kier alpha value is -7.62. The summed E-state index contributed by atoms with van der Waals surface area (Å²) in [5, 5.41) is 0. The molecule has 0 unspecified atom stereocenters. The summed E-state index contributed by atoms with van der Waals surface area (Å²) in [5.41, 5.74) is 25.8. The molecule has 68 heavy (non-hydrogen) atoms. The van der Waals surface area contributed by atoms with E-state index in [-0.39, 0.29) is 16.2 Å². The van der Waals surface area contributed by atoms with Crippen LogP contribution >= 0.6 is 0 Å². The number of aryl methyl sites for hydroxylation is 2. The monoisotopic (exact) mass is 879 g/mol. The summed E-state index contributed by atoms with van der Waals surface area (Å²) in [6.07, 6.45) is 0. The maximum Gasteiger partial charge on any atom is 0.0544 e. The van der Waals surface area contributed by atoms with Gasteiger partial charge in [0, 0.05) is 50.4 Å². The summed E-state index contributed by atoms with van der Waals surface area (Å²) in [6, 6.07) is 74.6. The molecule has 0 amide bonds. The molecule has 0 bridgehead atoms. The van der Waals surface area contributed by atoms with Gasteiger partial charge in [0.05, 0.1) is 17.1 Å². The summed E-state index contributed by atoms with van der Waals surface area (Å²) in [4.78, 5) is 7.38. The summed E-state index contributed by atoms with van der Waals surface area (Å²) >= 11 is 0. The highest BCUT2D eigenvalue weighted by molar-refractivity contribution is 6.00. The Morgan fingerprint density at radius 1 is 0.279 bits per heavy atom. The summed E-state index contributed by atoms with van der Waals surface area (Å²) in [5.74, 6) is 0. The molecule has 3 heteroatoms. The maximum atomic E-state index is 2.68. The van der Waals surface area contributed by atoms with Gasteiger partial charge in [0.2, 0.25) is 0 Å². The number of hydrogen-bond acceptors (Lipinski definition) is 3. The number of benzene rings is 9. The van der Waals surface area contributed by atoms with Crippen LogP contribution in [0.4, 0.5) is 51.2 Å². The van der Waals surface area contributed by atoms with Gasteiger partial charge in [0.1, 0.15) is 0 Å². The second-order valence-corrected chi connectivity index (χ2v) is 20.9. The van der Waals surface area contributed by atoms with Gasteiger partial charge in [-0.05, 0) is 167 Å². The van der Waals surface area contributed by atoms with Crippen LogP contribution in [0.5, 0.6) is 0 Å². The third-order valence-corrected chi connectivity index (χ3v) is 15.5. The van der Waals surface area contributed by atoms with Crippen LogP contribution in [0.1, 0.15) is 86.1 Å².